The Kier molecular flexibility index (Phi) is 8.03. The van der Waals surface area contributed by atoms with Gasteiger partial charge in [-0.25, -0.2) is 14.4 Å². The molecule has 2 N–H and O–H groups in total. The number of rotatable bonds is 7. The molecule has 0 spiro atoms. The number of pyridine rings is 1. The molecule has 1 aliphatic rings. The quantitative estimate of drug-likeness (QED) is 0.389. The van der Waals surface area contributed by atoms with E-state index in [-0.39, 0.29) is 33.2 Å². The van der Waals surface area contributed by atoms with Crippen LogP contribution in [0.25, 0.3) is 0 Å². The van der Waals surface area contributed by atoms with Gasteiger partial charge in [0.2, 0.25) is 11.8 Å². The molecule has 1 aromatic carbocycles. The number of hydrogen-bond acceptors (Lipinski definition) is 8. The van der Waals surface area contributed by atoms with Crippen LogP contribution in [0.2, 0.25) is 10.0 Å². The number of methoxy groups -OCH3 is 1. The molecule has 0 bridgehead atoms. The molecule has 1 amide bonds. The maximum atomic E-state index is 14.7. The molecule has 2 unspecified atom stereocenters. The molecule has 204 valence electrons. The number of aliphatic imine (C=N–C) groups is 1. The van der Waals surface area contributed by atoms with Gasteiger partial charge in [-0.2, -0.15) is 4.98 Å². The van der Waals surface area contributed by atoms with Crippen LogP contribution < -0.4 is 20.1 Å². The summed E-state index contributed by atoms with van der Waals surface area (Å²) in [5, 5.41) is 8.65. The van der Waals surface area contributed by atoms with E-state index in [9.17, 15) is 14.0 Å². The zero-order chi connectivity index (χ0) is 28.6. The van der Waals surface area contributed by atoms with Gasteiger partial charge in [0, 0.05) is 26.0 Å². The highest BCUT2D eigenvalue weighted by Gasteiger charge is 2.49. The van der Waals surface area contributed by atoms with Crippen molar-refractivity contribution >= 4 is 57.9 Å². The Balaban J connectivity index is 1.95. The van der Waals surface area contributed by atoms with E-state index in [0.29, 0.717) is 22.9 Å². The molecule has 0 aliphatic carbocycles. The van der Waals surface area contributed by atoms with Gasteiger partial charge in [-0.1, -0.05) is 43.1 Å². The number of anilines is 2. The number of aromatic nitrogens is 3. The summed E-state index contributed by atoms with van der Waals surface area (Å²) < 4.78 is 20.1. The van der Waals surface area contributed by atoms with Crippen molar-refractivity contribution in [3.8, 4) is 5.88 Å². The fourth-order valence-corrected chi connectivity index (χ4v) is 4.68. The van der Waals surface area contributed by atoms with Crippen molar-refractivity contribution in [3.63, 3.8) is 0 Å². The second-order valence-corrected chi connectivity index (χ2v) is 10.2. The number of aromatic amines is 1. The average molecular weight is 574 g/mol. The summed E-state index contributed by atoms with van der Waals surface area (Å²) in [6.07, 6.45) is 2.82. The minimum Gasteiger partial charge on any atom is -0.479 e. The summed E-state index contributed by atoms with van der Waals surface area (Å²) in [6, 6.07) is 4.61. The van der Waals surface area contributed by atoms with Crippen LogP contribution in [0.1, 0.15) is 25.5 Å². The highest BCUT2D eigenvalue weighted by molar-refractivity contribution is 6.49. The number of carbonyl (C=O) groups is 1. The van der Waals surface area contributed by atoms with E-state index in [2.05, 4.69) is 15.0 Å². The Hall–Kier alpha value is -3.83. The summed E-state index contributed by atoms with van der Waals surface area (Å²) >= 11 is 12.0. The summed E-state index contributed by atoms with van der Waals surface area (Å²) in [5.74, 6) is -1.89. The molecule has 13 heteroatoms. The smallest absolute Gasteiger partial charge is 0.273 e. The van der Waals surface area contributed by atoms with Crippen LogP contribution in [0.5, 0.6) is 5.88 Å². The third-order valence-corrected chi connectivity index (χ3v) is 6.82. The molecule has 2 aromatic heterocycles. The second-order valence-electron chi connectivity index (χ2n) is 9.37. The van der Waals surface area contributed by atoms with Gasteiger partial charge < -0.3 is 14.6 Å². The SMILES string of the molecule is COc1nc(N(C)C)ncc1N=C(C(C)C)C1C(=N)C(=O)N(c2c[nH]c(=O)c(Cl)c2)C1c1ccc(Cl)c(F)c1. The summed E-state index contributed by atoms with van der Waals surface area (Å²) in [5.41, 5.74) is 0.557. The standard InChI is InChI=1S/C26H26Cl2FN7O3/c1-12(2)21(33-18-11-32-26(35(3)4)34-24(18)39-5)19-20(30)25(38)36(14-9-16(28)23(37)31-10-14)22(19)13-6-7-15(27)17(29)8-13/h6-12,19,22,30H,1-5H3,(H,31,37). The van der Waals surface area contributed by atoms with Gasteiger partial charge in [0.1, 0.15) is 22.2 Å². The van der Waals surface area contributed by atoms with Gasteiger partial charge in [-0.05, 0) is 29.7 Å². The molecule has 0 radical (unpaired) electrons. The molecule has 0 saturated carbocycles. The Bertz CT molecular complexity index is 1540. The Morgan fingerprint density at radius 2 is 1.95 bits per heavy atom. The molecule has 3 aromatic rings. The predicted molar refractivity (Wildman–Crippen MR) is 150 cm³/mol. The lowest BCUT2D eigenvalue weighted by molar-refractivity contribution is -0.112. The van der Waals surface area contributed by atoms with E-state index in [1.54, 1.807) is 25.1 Å². The van der Waals surface area contributed by atoms with Gasteiger partial charge in [0.15, 0.2) is 0 Å². The first kappa shape index (κ1) is 28.2. The van der Waals surface area contributed by atoms with Crippen molar-refractivity contribution in [2.24, 2.45) is 16.8 Å². The zero-order valence-electron chi connectivity index (χ0n) is 21.8. The van der Waals surface area contributed by atoms with Gasteiger partial charge in [-0.15, -0.1) is 0 Å². The lowest BCUT2D eigenvalue weighted by atomic mass is 9.83. The molecular formula is C26H26Cl2FN7O3. The molecule has 1 saturated heterocycles. The zero-order valence-corrected chi connectivity index (χ0v) is 23.3. The second kappa shape index (κ2) is 11.1. The van der Waals surface area contributed by atoms with Gasteiger partial charge >= 0.3 is 0 Å². The third kappa shape index (κ3) is 5.37. The van der Waals surface area contributed by atoms with E-state index in [4.69, 9.17) is 38.3 Å². The number of hydrogen-bond donors (Lipinski definition) is 2. The number of amides is 1. The largest absolute Gasteiger partial charge is 0.479 e. The van der Waals surface area contributed by atoms with E-state index in [0.717, 1.165) is 0 Å². The first-order chi connectivity index (χ1) is 18.4. The first-order valence-corrected chi connectivity index (χ1v) is 12.6. The highest BCUT2D eigenvalue weighted by atomic mass is 35.5. The molecule has 1 fully saturated rings. The van der Waals surface area contributed by atoms with Crippen LogP contribution in [-0.4, -0.2) is 53.5 Å². The van der Waals surface area contributed by atoms with Crippen LogP contribution in [0, 0.1) is 23.1 Å². The number of nitrogens with zero attached hydrogens (tertiary/aromatic N) is 5. The molecule has 4 rings (SSSR count). The molecule has 1 aliphatic heterocycles. The number of benzene rings is 1. The molecule has 10 nitrogen and oxygen atoms in total. The molecular weight excluding hydrogens is 548 g/mol. The fraction of sp³-hybridized carbons (Fsp3) is 0.308. The van der Waals surface area contributed by atoms with Gasteiger partial charge in [0.05, 0.1) is 36.0 Å². The molecule has 2 atom stereocenters. The third-order valence-electron chi connectivity index (χ3n) is 6.24. The summed E-state index contributed by atoms with van der Waals surface area (Å²) in [7, 11) is 5.03. The van der Waals surface area contributed by atoms with E-state index in [1.165, 1.54) is 42.6 Å². The highest BCUT2D eigenvalue weighted by Crippen LogP contribution is 2.43. The molecule has 3 heterocycles. The molecule has 39 heavy (non-hydrogen) atoms. The maximum absolute atomic E-state index is 14.7. The van der Waals surface area contributed by atoms with Crippen molar-refractivity contribution in [2.45, 2.75) is 19.9 Å². The number of H-pyrrole nitrogens is 1. The number of ether oxygens (including phenoxy) is 1. The predicted octanol–water partition coefficient (Wildman–Crippen LogP) is 4.84. The number of halogens is 3. The van der Waals surface area contributed by atoms with Crippen molar-refractivity contribution in [2.75, 3.05) is 31.0 Å². The average Bonchev–Trinajstić information content (AvgIpc) is 3.15. The van der Waals surface area contributed by atoms with E-state index < -0.39 is 29.2 Å². The fourth-order valence-electron chi connectivity index (χ4n) is 4.40. The van der Waals surface area contributed by atoms with Crippen LogP contribution in [0.3, 0.4) is 0 Å². The van der Waals surface area contributed by atoms with Crippen molar-refractivity contribution in [1.82, 2.24) is 15.0 Å². The van der Waals surface area contributed by atoms with Crippen molar-refractivity contribution in [3.05, 3.63) is 68.4 Å². The maximum Gasteiger partial charge on any atom is 0.273 e. The van der Waals surface area contributed by atoms with Crippen LogP contribution >= 0.6 is 23.2 Å². The number of nitrogens with one attached hydrogen (secondary N) is 2. The minimum atomic E-state index is -0.915. The lowest BCUT2D eigenvalue weighted by Gasteiger charge is -2.30. The van der Waals surface area contributed by atoms with Crippen molar-refractivity contribution < 1.29 is 13.9 Å². The number of carbonyl (C=O) groups excluding carboxylic acids is 1. The topological polar surface area (TPSA) is 128 Å². The van der Waals surface area contributed by atoms with E-state index >= 15 is 0 Å². The van der Waals surface area contributed by atoms with Gasteiger partial charge in [-0.3, -0.25) is 19.9 Å². The van der Waals surface area contributed by atoms with E-state index in [1.807, 2.05) is 13.8 Å². The van der Waals surface area contributed by atoms with Crippen LogP contribution in [0.15, 0.2) is 46.4 Å². The van der Waals surface area contributed by atoms with Gasteiger partial charge in [0.25, 0.3) is 11.5 Å². The lowest BCUT2D eigenvalue weighted by Crippen LogP contribution is -2.32. The van der Waals surface area contributed by atoms with Crippen LogP contribution in [0.4, 0.5) is 21.7 Å². The van der Waals surface area contributed by atoms with Crippen molar-refractivity contribution in [1.29, 1.82) is 5.41 Å². The first-order valence-electron chi connectivity index (χ1n) is 11.9. The Labute approximate surface area is 234 Å². The summed E-state index contributed by atoms with van der Waals surface area (Å²) in [4.78, 5) is 44.5. The van der Waals surface area contributed by atoms with Crippen LogP contribution in [-0.2, 0) is 4.79 Å². The minimum absolute atomic E-state index is 0.0889. The Morgan fingerprint density at radius 1 is 1.23 bits per heavy atom. The summed E-state index contributed by atoms with van der Waals surface area (Å²) in [6.45, 7) is 3.74. The Morgan fingerprint density at radius 3 is 2.54 bits per heavy atom. The normalized spacial score (nSPS) is 17.8. The monoisotopic (exact) mass is 573 g/mol.